The van der Waals surface area contributed by atoms with Crippen LogP contribution in [0.4, 0.5) is 5.69 Å². The monoisotopic (exact) mass is 294 g/mol. The Bertz CT molecular complexity index is 786. The molecule has 0 unspecified atom stereocenters. The van der Waals surface area contributed by atoms with E-state index in [1.54, 1.807) is 24.5 Å². The van der Waals surface area contributed by atoms with Gasteiger partial charge in [-0.1, -0.05) is 23.4 Å². The summed E-state index contributed by atoms with van der Waals surface area (Å²) in [6, 6.07) is 14.8. The number of aromatic nitrogens is 1. The average Bonchev–Trinajstić information content (AvgIpc) is 2.98. The minimum atomic E-state index is -0.579. The van der Waals surface area contributed by atoms with Crippen LogP contribution in [0.25, 0.3) is 11.5 Å². The lowest BCUT2D eigenvalue weighted by Crippen LogP contribution is -2.28. The smallest absolute Gasteiger partial charge is 0.236 e. The van der Waals surface area contributed by atoms with Crippen molar-refractivity contribution in [3.8, 4) is 11.5 Å². The number of amides is 1. The van der Waals surface area contributed by atoms with Crippen molar-refractivity contribution >= 4 is 11.6 Å². The quantitative estimate of drug-likeness (QED) is 0.798. The first-order chi connectivity index (χ1) is 10.8. The first-order valence-corrected chi connectivity index (χ1v) is 7.15. The van der Waals surface area contributed by atoms with E-state index in [1.807, 2.05) is 30.3 Å². The Morgan fingerprint density at radius 2 is 1.91 bits per heavy atom. The van der Waals surface area contributed by atoms with Crippen LogP contribution in [0.15, 0.2) is 63.7 Å². The number of rotatable bonds is 4. The number of hydrogen-bond donors (Lipinski definition) is 1. The Balaban J connectivity index is 1.58. The predicted octanol–water partition coefficient (Wildman–Crippen LogP) is 3.60. The maximum Gasteiger partial charge on any atom is 0.236 e. The molecule has 1 amide bonds. The SMILES string of the molecule is O=C(Nc1ccccc1)C1(c2cc(-c3ccco3)on2)CC1. The third kappa shape index (κ3) is 2.11. The molecule has 2 aromatic heterocycles. The molecule has 22 heavy (non-hydrogen) atoms. The summed E-state index contributed by atoms with van der Waals surface area (Å²) in [5.41, 5.74) is 0.866. The van der Waals surface area contributed by atoms with Crippen molar-refractivity contribution in [2.24, 2.45) is 0 Å². The van der Waals surface area contributed by atoms with Crippen molar-refractivity contribution in [2.75, 3.05) is 5.32 Å². The van der Waals surface area contributed by atoms with Crippen LogP contribution in [-0.4, -0.2) is 11.1 Å². The Hall–Kier alpha value is -2.82. The van der Waals surface area contributed by atoms with E-state index in [-0.39, 0.29) is 5.91 Å². The summed E-state index contributed by atoms with van der Waals surface area (Å²) >= 11 is 0. The number of para-hydroxylation sites is 1. The fourth-order valence-corrected chi connectivity index (χ4v) is 2.53. The van der Waals surface area contributed by atoms with Crippen molar-refractivity contribution < 1.29 is 13.7 Å². The number of carbonyl (C=O) groups is 1. The van der Waals surface area contributed by atoms with Crippen molar-refractivity contribution in [3.05, 3.63) is 60.5 Å². The first-order valence-electron chi connectivity index (χ1n) is 7.15. The second-order valence-electron chi connectivity index (χ2n) is 5.46. The van der Waals surface area contributed by atoms with Gasteiger partial charge in [0.2, 0.25) is 11.7 Å². The second-order valence-corrected chi connectivity index (χ2v) is 5.46. The van der Waals surface area contributed by atoms with Gasteiger partial charge in [0.1, 0.15) is 0 Å². The van der Waals surface area contributed by atoms with Crippen LogP contribution in [-0.2, 0) is 10.2 Å². The molecule has 1 aliphatic carbocycles. The van der Waals surface area contributed by atoms with E-state index in [9.17, 15) is 4.79 Å². The van der Waals surface area contributed by atoms with E-state index in [0.29, 0.717) is 17.2 Å². The van der Waals surface area contributed by atoms with Crippen LogP contribution < -0.4 is 5.32 Å². The maximum absolute atomic E-state index is 12.6. The molecule has 0 spiro atoms. The van der Waals surface area contributed by atoms with Gasteiger partial charge in [0.15, 0.2) is 5.76 Å². The summed E-state index contributed by atoms with van der Waals surface area (Å²) in [7, 11) is 0. The van der Waals surface area contributed by atoms with Gasteiger partial charge >= 0.3 is 0 Å². The van der Waals surface area contributed by atoms with Gasteiger partial charge in [0, 0.05) is 11.8 Å². The van der Waals surface area contributed by atoms with Crippen LogP contribution in [0.1, 0.15) is 18.5 Å². The molecule has 0 atom stereocenters. The minimum Gasteiger partial charge on any atom is -0.461 e. The normalized spacial score (nSPS) is 15.5. The summed E-state index contributed by atoms with van der Waals surface area (Å²) in [6.45, 7) is 0. The molecule has 1 saturated carbocycles. The van der Waals surface area contributed by atoms with Gasteiger partial charge in [0.25, 0.3) is 0 Å². The van der Waals surface area contributed by atoms with Crippen LogP contribution in [0, 0.1) is 0 Å². The Labute approximate surface area is 126 Å². The van der Waals surface area contributed by atoms with Crippen LogP contribution >= 0.6 is 0 Å². The maximum atomic E-state index is 12.6. The topological polar surface area (TPSA) is 68.3 Å². The fraction of sp³-hybridized carbons (Fsp3) is 0.176. The van der Waals surface area contributed by atoms with Gasteiger partial charge in [-0.15, -0.1) is 0 Å². The largest absolute Gasteiger partial charge is 0.461 e. The number of nitrogens with zero attached hydrogens (tertiary/aromatic N) is 1. The van der Waals surface area contributed by atoms with Crippen molar-refractivity contribution in [1.29, 1.82) is 0 Å². The van der Waals surface area contributed by atoms with Gasteiger partial charge in [-0.25, -0.2) is 0 Å². The average molecular weight is 294 g/mol. The summed E-state index contributed by atoms with van der Waals surface area (Å²) in [6.07, 6.45) is 3.12. The standard InChI is InChI=1S/C17H14N2O3/c20-16(18-12-5-2-1-3-6-12)17(8-9-17)15-11-14(22-19-15)13-7-4-10-21-13/h1-7,10-11H,8-9H2,(H,18,20). The van der Waals surface area contributed by atoms with Crippen molar-refractivity contribution in [2.45, 2.75) is 18.3 Å². The first kappa shape index (κ1) is 12.9. The third-order valence-corrected chi connectivity index (χ3v) is 3.98. The number of benzene rings is 1. The number of furan rings is 1. The molecule has 0 bridgehead atoms. The van der Waals surface area contributed by atoms with Crippen LogP contribution in [0.5, 0.6) is 0 Å². The van der Waals surface area contributed by atoms with E-state index in [0.717, 1.165) is 18.5 Å². The zero-order valence-corrected chi connectivity index (χ0v) is 11.8. The van der Waals surface area contributed by atoms with Gasteiger partial charge in [-0.05, 0) is 37.1 Å². The third-order valence-electron chi connectivity index (χ3n) is 3.98. The molecule has 1 N–H and O–H groups in total. The lowest BCUT2D eigenvalue weighted by Gasteiger charge is -2.12. The highest BCUT2D eigenvalue weighted by Crippen LogP contribution is 2.49. The van der Waals surface area contributed by atoms with Gasteiger partial charge in [0.05, 0.1) is 17.4 Å². The minimum absolute atomic E-state index is 0.0435. The highest BCUT2D eigenvalue weighted by atomic mass is 16.5. The molecule has 1 aromatic carbocycles. The van der Waals surface area contributed by atoms with Gasteiger partial charge in [-0.3, -0.25) is 4.79 Å². The summed E-state index contributed by atoms with van der Waals surface area (Å²) < 4.78 is 10.6. The van der Waals surface area contributed by atoms with E-state index in [4.69, 9.17) is 8.94 Å². The molecule has 5 heteroatoms. The zero-order valence-electron chi connectivity index (χ0n) is 11.8. The summed E-state index contributed by atoms with van der Waals surface area (Å²) in [5.74, 6) is 1.11. The number of hydrogen-bond acceptors (Lipinski definition) is 4. The molecule has 110 valence electrons. The summed E-state index contributed by atoms with van der Waals surface area (Å²) in [5, 5.41) is 7.02. The van der Waals surface area contributed by atoms with Crippen molar-refractivity contribution in [1.82, 2.24) is 5.16 Å². The zero-order chi connectivity index (χ0) is 15.0. The van der Waals surface area contributed by atoms with Crippen molar-refractivity contribution in [3.63, 3.8) is 0 Å². The molecular weight excluding hydrogens is 280 g/mol. The Kier molecular flexibility index (Phi) is 2.85. The number of nitrogens with one attached hydrogen (secondary N) is 1. The molecule has 1 fully saturated rings. The lowest BCUT2D eigenvalue weighted by molar-refractivity contribution is -0.118. The molecule has 1 aliphatic rings. The Morgan fingerprint density at radius 1 is 1.09 bits per heavy atom. The highest BCUT2D eigenvalue weighted by Gasteiger charge is 2.53. The molecule has 0 radical (unpaired) electrons. The van der Waals surface area contributed by atoms with Crippen LogP contribution in [0.2, 0.25) is 0 Å². The van der Waals surface area contributed by atoms with E-state index < -0.39 is 5.41 Å². The van der Waals surface area contributed by atoms with Gasteiger partial charge < -0.3 is 14.3 Å². The second kappa shape index (κ2) is 4.87. The lowest BCUT2D eigenvalue weighted by atomic mass is 10.0. The molecule has 3 aromatic rings. The Morgan fingerprint density at radius 3 is 2.59 bits per heavy atom. The van der Waals surface area contributed by atoms with E-state index >= 15 is 0 Å². The molecule has 0 aliphatic heterocycles. The predicted molar refractivity (Wildman–Crippen MR) is 80.2 cm³/mol. The molecule has 4 rings (SSSR count). The number of anilines is 1. The summed E-state index contributed by atoms with van der Waals surface area (Å²) in [4.78, 5) is 12.6. The highest BCUT2D eigenvalue weighted by molar-refractivity contribution is 6.01. The molecule has 2 heterocycles. The molecule has 0 saturated heterocycles. The van der Waals surface area contributed by atoms with E-state index in [1.165, 1.54) is 0 Å². The van der Waals surface area contributed by atoms with Gasteiger partial charge in [-0.2, -0.15) is 0 Å². The number of carbonyl (C=O) groups excluding carboxylic acids is 1. The van der Waals surface area contributed by atoms with E-state index in [2.05, 4.69) is 10.5 Å². The molecule has 5 nitrogen and oxygen atoms in total. The fourth-order valence-electron chi connectivity index (χ4n) is 2.53. The molecular formula is C17H14N2O3. The van der Waals surface area contributed by atoms with Crippen LogP contribution in [0.3, 0.4) is 0 Å².